The van der Waals surface area contributed by atoms with Gasteiger partial charge in [0.25, 0.3) is 0 Å². The Morgan fingerprint density at radius 1 is 1.06 bits per heavy atom. The molecule has 4 rings (SSSR count). The molecular weight excluding hydrogens is 450 g/mol. The molecule has 1 unspecified atom stereocenters. The van der Waals surface area contributed by atoms with Gasteiger partial charge in [-0.05, 0) is 50.1 Å². The van der Waals surface area contributed by atoms with Crippen molar-refractivity contribution >= 4 is 51.4 Å². The average Bonchev–Trinajstić information content (AvgIpc) is 3.16. The summed E-state index contributed by atoms with van der Waals surface area (Å²) < 4.78 is 7.16. The first-order valence-electron chi connectivity index (χ1n) is 11.4. The van der Waals surface area contributed by atoms with Crippen molar-refractivity contribution in [3.8, 4) is 0 Å². The fourth-order valence-electron chi connectivity index (χ4n) is 3.77. The normalized spacial score (nSPS) is 12.1. The zero-order valence-corrected chi connectivity index (χ0v) is 20.3. The lowest BCUT2D eigenvalue weighted by molar-refractivity contribution is -0.115. The predicted octanol–water partition coefficient (Wildman–Crippen LogP) is 5.08. The van der Waals surface area contributed by atoms with Crippen molar-refractivity contribution in [3.05, 3.63) is 54.1 Å². The number of hydrogen-bond acceptors (Lipinski definition) is 7. The summed E-state index contributed by atoms with van der Waals surface area (Å²) in [6.45, 7) is 6.97. The summed E-state index contributed by atoms with van der Waals surface area (Å²) in [6.07, 6.45) is 1.56. The van der Waals surface area contributed by atoms with Gasteiger partial charge in [0.05, 0.1) is 22.9 Å². The van der Waals surface area contributed by atoms with E-state index in [0.717, 1.165) is 35.0 Å². The lowest BCUT2D eigenvalue weighted by Crippen LogP contribution is -2.25. The zero-order valence-electron chi connectivity index (χ0n) is 19.4. The van der Waals surface area contributed by atoms with Gasteiger partial charge in [0.1, 0.15) is 5.52 Å². The first-order chi connectivity index (χ1) is 16.5. The van der Waals surface area contributed by atoms with Crippen LogP contribution in [0.4, 0.5) is 5.69 Å². The van der Waals surface area contributed by atoms with E-state index in [1.165, 1.54) is 11.8 Å². The number of aryl methyl sites for hydroxylation is 1. The molecule has 0 saturated heterocycles. The van der Waals surface area contributed by atoms with Gasteiger partial charge in [-0.2, -0.15) is 0 Å². The Balaban J connectivity index is 1.53. The Hall–Kier alpha value is -3.46. The maximum Gasteiger partial charge on any atom is 0.338 e. The number of esters is 1. The number of fused-ring (bicyclic) bond motifs is 3. The summed E-state index contributed by atoms with van der Waals surface area (Å²) in [5.74, 6) is -0.544. The topological polar surface area (TPSA) is 99.0 Å². The lowest BCUT2D eigenvalue weighted by Gasteiger charge is -2.14. The monoisotopic (exact) mass is 477 g/mol. The number of thioether (sulfide) groups is 1. The van der Waals surface area contributed by atoms with Gasteiger partial charge in [0.2, 0.25) is 11.1 Å². The van der Waals surface area contributed by atoms with Crippen LogP contribution in [0.5, 0.6) is 0 Å². The summed E-state index contributed by atoms with van der Waals surface area (Å²) in [7, 11) is 0. The van der Waals surface area contributed by atoms with Crippen LogP contribution >= 0.6 is 11.8 Å². The summed E-state index contributed by atoms with van der Waals surface area (Å²) in [6, 6.07) is 14.7. The zero-order chi connectivity index (χ0) is 24.1. The Labute approximate surface area is 202 Å². The van der Waals surface area contributed by atoms with Crippen molar-refractivity contribution in [2.45, 2.75) is 50.6 Å². The van der Waals surface area contributed by atoms with Crippen molar-refractivity contribution in [2.75, 3.05) is 11.9 Å². The molecule has 0 aliphatic heterocycles. The van der Waals surface area contributed by atoms with Gasteiger partial charge in [0.15, 0.2) is 5.65 Å². The van der Waals surface area contributed by atoms with Crippen LogP contribution < -0.4 is 5.32 Å². The summed E-state index contributed by atoms with van der Waals surface area (Å²) in [5, 5.41) is 12.8. The smallest absolute Gasteiger partial charge is 0.338 e. The number of nitrogens with zero attached hydrogens (tertiary/aromatic N) is 4. The first-order valence-corrected chi connectivity index (χ1v) is 12.3. The summed E-state index contributed by atoms with van der Waals surface area (Å²) in [5.41, 5.74) is 3.68. The Kier molecular flexibility index (Phi) is 7.42. The highest BCUT2D eigenvalue weighted by atomic mass is 32.2. The number of aromatic nitrogens is 4. The van der Waals surface area contributed by atoms with E-state index in [1.807, 2.05) is 25.1 Å². The molecule has 34 heavy (non-hydrogen) atoms. The van der Waals surface area contributed by atoms with Crippen LogP contribution in [0.15, 0.2) is 53.7 Å². The van der Waals surface area contributed by atoms with Crippen molar-refractivity contribution in [3.63, 3.8) is 0 Å². The van der Waals surface area contributed by atoms with Crippen LogP contribution in [0.25, 0.3) is 22.1 Å². The highest BCUT2D eigenvalue weighted by Gasteiger charge is 2.22. The van der Waals surface area contributed by atoms with Crippen molar-refractivity contribution < 1.29 is 14.3 Å². The van der Waals surface area contributed by atoms with Crippen LogP contribution in [0, 0.1) is 0 Å². The lowest BCUT2D eigenvalue weighted by atomic mass is 10.2. The molecule has 0 aliphatic rings. The number of carbonyl (C=O) groups is 2. The largest absolute Gasteiger partial charge is 0.462 e. The molecule has 0 aliphatic carbocycles. The summed E-state index contributed by atoms with van der Waals surface area (Å²) in [4.78, 5) is 29.5. The first kappa shape index (κ1) is 23.7. The van der Waals surface area contributed by atoms with Crippen molar-refractivity contribution in [1.29, 1.82) is 0 Å². The van der Waals surface area contributed by atoms with Gasteiger partial charge in [0, 0.05) is 17.6 Å². The summed E-state index contributed by atoms with van der Waals surface area (Å²) >= 11 is 1.30. The average molecular weight is 478 g/mol. The van der Waals surface area contributed by atoms with Crippen molar-refractivity contribution in [2.24, 2.45) is 0 Å². The number of nitrogens with one attached hydrogen (secondary N) is 1. The van der Waals surface area contributed by atoms with Crippen LogP contribution in [-0.2, 0) is 16.1 Å². The molecular formula is C25H27N5O3S. The van der Waals surface area contributed by atoms with Gasteiger partial charge >= 0.3 is 5.97 Å². The van der Waals surface area contributed by atoms with Crippen LogP contribution in [0.3, 0.4) is 0 Å². The van der Waals surface area contributed by atoms with E-state index >= 15 is 0 Å². The Morgan fingerprint density at radius 3 is 2.53 bits per heavy atom. The van der Waals surface area contributed by atoms with Gasteiger partial charge in [-0.1, -0.05) is 43.8 Å². The van der Waals surface area contributed by atoms with E-state index in [4.69, 9.17) is 9.72 Å². The molecule has 9 heteroatoms. The number of para-hydroxylation sites is 1. The minimum Gasteiger partial charge on any atom is -0.462 e. The minimum atomic E-state index is -0.395. The highest BCUT2D eigenvalue weighted by Crippen LogP contribution is 2.29. The molecule has 0 saturated carbocycles. The van der Waals surface area contributed by atoms with Gasteiger partial charge in [-0.25, -0.2) is 9.78 Å². The van der Waals surface area contributed by atoms with E-state index in [2.05, 4.69) is 33.1 Å². The number of rotatable bonds is 9. The molecule has 1 atom stereocenters. The van der Waals surface area contributed by atoms with E-state index < -0.39 is 5.25 Å². The van der Waals surface area contributed by atoms with E-state index in [1.54, 1.807) is 31.2 Å². The van der Waals surface area contributed by atoms with Gasteiger partial charge in [-0.15, -0.1) is 10.2 Å². The molecule has 176 valence electrons. The molecule has 4 aromatic rings. The molecule has 0 bridgehead atoms. The molecule has 1 N–H and O–H groups in total. The van der Waals surface area contributed by atoms with Gasteiger partial charge in [-0.3, -0.25) is 4.79 Å². The van der Waals surface area contributed by atoms with Crippen LogP contribution in [0.2, 0.25) is 0 Å². The quantitative estimate of drug-likeness (QED) is 0.265. The third-order valence-corrected chi connectivity index (χ3v) is 6.59. The van der Waals surface area contributed by atoms with Crippen LogP contribution in [-0.4, -0.2) is 43.5 Å². The number of amides is 1. The second kappa shape index (κ2) is 10.6. The second-order valence-electron chi connectivity index (χ2n) is 7.74. The maximum atomic E-state index is 12.9. The molecule has 8 nitrogen and oxygen atoms in total. The number of benzene rings is 2. The number of carbonyl (C=O) groups excluding carboxylic acids is 2. The third kappa shape index (κ3) is 4.89. The van der Waals surface area contributed by atoms with E-state index in [0.29, 0.717) is 29.4 Å². The predicted molar refractivity (Wildman–Crippen MR) is 134 cm³/mol. The molecule has 0 radical (unpaired) electrons. The van der Waals surface area contributed by atoms with E-state index in [-0.39, 0.29) is 11.9 Å². The van der Waals surface area contributed by atoms with Crippen molar-refractivity contribution in [1.82, 2.24) is 19.7 Å². The molecule has 0 fully saturated rings. The third-order valence-electron chi connectivity index (χ3n) is 5.38. The molecule has 2 heterocycles. The molecule has 2 aromatic heterocycles. The Bertz CT molecular complexity index is 1320. The number of anilines is 1. The molecule has 0 spiro atoms. The number of hydrogen-bond donors (Lipinski definition) is 1. The SMILES string of the molecule is CCCn1c2ccccc2c2nnc(SC(CC)C(=O)Nc3ccc(C(=O)OCC)cc3)nc21. The van der Waals surface area contributed by atoms with E-state index in [9.17, 15) is 9.59 Å². The fourth-order valence-corrected chi connectivity index (χ4v) is 4.58. The highest BCUT2D eigenvalue weighted by molar-refractivity contribution is 8.00. The van der Waals surface area contributed by atoms with Crippen LogP contribution in [0.1, 0.15) is 44.0 Å². The fraction of sp³-hybridized carbons (Fsp3) is 0.320. The van der Waals surface area contributed by atoms with Gasteiger partial charge < -0.3 is 14.6 Å². The second-order valence-corrected chi connectivity index (χ2v) is 8.91. The maximum absolute atomic E-state index is 12.9. The molecule has 2 aromatic carbocycles. The number of ether oxygens (including phenoxy) is 1. The molecule has 1 amide bonds. The Morgan fingerprint density at radius 2 is 1.82 bits per heavy atom. The standard InChI is InChI=1S/C25H27N5O3S/c1-4-15-30-19-10-8-7-9-18(19)21-22(30)27-25(29-28-21)34-20(5-2)23(31)26-17-13-11-16(12-14-17)24(32)33-6-3/h7-14,20H,4-6,15H2,1-3H3,(H,26,31). The minimum absolute atomic E-state index is 0.158.